The summed E-state index contributed by atoms with van der Waals surface area (Å²) in [5.41, 5.74) is 2.31. The van der Waals surface area contributed by atoms with Gasteiger partial charge in [-0.25, -0.2) is 4.98 Å². The van der Waals surface area contributed by atoms with Crippen LogP contribution in [0.2, 0.25) is 0 Å². The van der Waals surface area contributed by atoms with Crippen molar-refractivity contribution in [3.05, 3.63) is 53.7 Å². The summed E-state index contributed by atoms with van der Waals surface area (Å²) in [6.45, 7) is 0.885. The van der Waals surface area contributed by atoms with Gasteiger partial charge in [-0.2, -0.15) is 11.8 Å². The summed E-state index contributed by atoms with van der Waals surface area (Å²) in [4.78, 5) is 5.15. The number of nitrogens with zero attached hydrogens (tertiary/aromatic N) is 1. The standard InChI is InChI=1S/C16H20N2O2S2/c1-22(20)15-4-2-13(3-5-15)11-18-16-10-14(6-7-17-16)12-21-9-8-19/h2-7,10,19H,8-9,11-12H2,1H3,(H,17,18). The summed E-state index contributed by atoms with van der Waals surface area (Å²) in [7, 11) is -0.937. The first kappa shape index (κ1) is 17.0. The predicted molar refractivity (Wildman–Crippen MR) is 93.6 cm³/mol. The van der Waals surface area contributed by atoms with Crippen molar-refractivity contribution in [3.63, 3.8) is 0 Å². The van der Waals surface area contributed by atoms with E-state index >= 15 is 0 Å². The van der Waals surface area contributed by atoms with Gasteiger partial charge >= 0.3 is 0 Å². The van der Waals surface area contributed by atoms with Crippen LogP contribution in [0, 0.1) is 0 Å². The first-order valence-electron chi connectivity index (χ1n) is 6.99. The number of hydrogen-bond donors (Lipinski definition) is 2. The van der Waals surface area contributed by atoms with Gasteiger partial charge in [0, 0.05) is 46.2 Å². The summed E-state index contributed by atoms with van der Waals surface area (Å²) in [6.07, 6.45) is 3.47. The zero-order valence-electron chi connectivity index (χ0n) is 12.5. The highest BCUT2D eigenvalue weighted by atomic mass is 32.2. The minimum Gasteiger partial charge on any atom is -0.396 e. The molecule has 1 atom stereocenters. The molecule has 2 aromatic rings. The van der Waals surface area contributed by atoms with Crippen LogP contribution in [-0.2, 0) is 23.1 Å². The minimum absolute atomic E-state index is 0.208. The van der Waals surface area contributed by atoms with Crippen LogP contribution < -0.4 is 5.32 Å². The SMILES string of the molecule is CS(=O)c1ccc(CNc2cc(CSCCO)ccn2)cc1. The summed E-state index contributed by atoms with van der Waals surface area (Å²) >= 11 is 1.70. The average molecular weight is 336 g/mol. The molecule has 1 unspecified atom stereocenters. The molecule has 1 aromatic heterocycles. The lowest BCUT2D eigenvalue weighted by atomic mass is 10.2. The second-order valence-electron chi connectivity index (χ2n) is 4.78. The van der Waals surface area contributed by atoms with Gasteiger partial charge in [0.1, 0.15) is 5.82 Å². The van der Waals surface area contributed by atoms with Gasteiger partial charge in [-0.05, 0) is 35.4 Å². The van der Waals surface area contributed by atoms with Crippen molar-refractivity contribution in [1.29, 1.82) is 0 Å². The number of thioether (sulfide) groups is 1. The normalized spacial score (nSPS) is 12.1. The summed E-state index contributed by atoms with van der Waals surface area (Å²) in [5, 5.41) is 12.1. The molecular weight excluding hydrogens is 316 g/mol. The molecule has 4 nitrogen and oxygen atoms in total. The topological polar surface area (TPSA) is 62.2 Å². The lowest BCUT2D eigenvalue weighted by Crippen LogP contribution is -2.02. The molecule has 0 aliphatic carbocycles. The molecule has 0 spiro atoms. The van der Waals surface area contributed by atoms with Crippen molar-refractivity contribution in [2.24, 2.45) is 0 Å². The van der Waals surface area contributed by atoms with Gasteiger partial charge in [-0.1, -0.05) is 12.1 Å². The van der Waals surface area contributed by atoms with E-state index in [4.69, 9.17) is 5.11 Å². The molecule has 0 radical (unpaired) electrons. The predicted octanol–water partition coefficient (Wildman–Crippen LogP) is 2.66. The van der Waals surface area contributed by atoms with Gasteiger partial charge < -0.3 is 10.4 Å². The Morgan fingerprint density at radius 2 is 2.00 bits per heavy atom. The maximum absolute atomic E-state index is 11.3. The monoisotopic (exact) mass is 336 g/mol. The number of pyridine rings is 1. The van der Waals surface area contributed by atoms with Crippen LogP contribution in [0.1, 0.15) is 11.1 Å². The van der Waals surface area contributed by atoms with Gasteiger partial charge in [-0.15, -0.1) is 0 Å². The van der Waals surface area contributed by atoms with Crippen LogP contribution >= 0.6 is 11.8 Å². The smallest absolute Gasteiger partial charge is 0.126 e. The number of aliphatic hydroxyl groups excluding tert-OH is 1. The molecule has 2 rings (SSSR count). The number of aromatic nitrogens is 1. The highest BCUT2D eigenvalue weighted by Crippen LogP contribution is 2.15. The first-order chi connectivity index (χ1) is 10.7. The molecule has 1 heterocycles. The first-order valence-corrected chi connectivity index (χ1v) is 9.70. The van der Waals surface area contributed by atoms with Crippen molar-refractivity contribution in [2.75, 3.05) is 23.9 Å². The third kappa shape index (κ3) is 5.44. The fourth-order valence-corrected chi connectivity index (χ4v) is 3.11. The van der Waals surface area contributed by atoms with Crippen molar-refractivity contribution in [3.8, 4) is 0 Å². The number of nitrogens with one attached hydrogen (secondary N) is 1. The van der Waals surface area contributed by atoms with Crippen molar-refractivity contribution >= 4 is 28.4 Å². The third-order valence-electron chi connectivity index (χ3n) is 3.06. The van der Waals surface area contributed by atoms with Crippen LogP contribution in [0.4, 0.5) is 5.82 Å². The zero-order chi connectivity index (χ0) is 15.8. The Labute approximate surface area is 137 Å². The van der Waals surface area contributed by atoms with E-state index in [0.717, 1.165) is 27.8 Å². The minimum atomic E-state index is -0.937. The maximum atomic E-state index is 11.3. The summed E-state index contributed by atoms with van der Waals surface area (Å²) in [5.74, 6) is 2.45. The Morgan fingerprint density at radius 3 is 2.68 bits per heavy atom. The lowest BCUT2D eigenvalue weighted by Gasteiger charge is -2.08. The Hall–Kier alpha value is -1.37. The van der Waals surface area contributed by atoms with Crippen LogP contribution in [-0.4, -0.2) is 32.9 Å². The van der Waals surface area contributed by atoms with Gasteiger partial charge in [0.05, 0.1) is 6.61 Å². The van der Waals surface area contributed by atoms with E-state index in [1.807, 2.05) is 36.4 Å². The molecule has 22 heavy (non-hydrogen) atoms. The maximum Gasteiger partial charge on any atom is 0.126 e. The summed E-state index contributed by atoms with van der Waals surface area (Å²) in [6, 6.07) is 11.8. The molecule has 0 aliphatic heterocycles. The Bertz CT molecular complexity index is 618. The van der Waals surface area contributed by atoms with E-state index in [1.54, 1.807) is 24.2 Å². The largest absolute Gasteiger partial charge is 0.396 e. The highest BCUT2D eigenvalue weighted by molar-refractivity contribution is 7.98. The molecule has 1 aromatic carbocycles. The van der Waals surface area contributed by atoms with E-state index < -0.39 is 10.8 Å². The fourth-order valence-electron chi connectivity index (χ4n) is 1.91. The van der Waals surface area contributed by atoms with Crippen molar-refractivity contribution in [1.82, 2.24) is 4.98 Å². The molecular formula is C16H20N2O2S2. The van der Waals surface area contributed by atoms with Crippen LogP contribution in [0.3, 0.4) is 0 Å². The summed E-state index contributed by atoms with van der Waals surface area (Å²) < 4.78 is 11.3. The third-order valence-corrected chi connectivity index (χ3v) is 5.00. The van der Waals surface area contributed by atoms with Crippen molar-refractivity contribution < 1.29 is 9.32 Å². The Morgan fingerprint density at radius 1 is 1.23 bits per heavy atom. The molecule has 0 saturated carbocycles. The fraction of sp³-hybridized carbons (Fsp3) is 0.312. The van der Waals surface area contributed by atoms with Gasteiger partial charge in [0.2, 0.25) is 0 Å². The van der Waals surface area contributed by atoms with E-state index in [9.17, 15) is 4.21 Å². The number of aliphatic hydroxyl groups is 1. The quantitative estimate of drug-likeness (QED) is 0.726. The molecule has 0 saturated heterocycles. The van der Waals surface area contributed by atoms with E-state index in [0.29, 0.717) is 6.54 Å². The number of hydrogen-bond acceptors (Lipinski definition) is 5. The number of benzene rings is 1. The molecule has 0 amide bonds. The number of anilines is 1. The average Bonchev–Trinajstić information content (AvgIpc) is 2.54. The van der Waals surface area contributed by atoms with E-state index in [1.165, 1.54) is 5.56 Å². The number of rotatable bonds is 8. The Kier molecular flexibility index (Phi) is 6.89. The molecule has 118 valence electrons. The molecule has 0 bridgehead atoms. The molecule has 0 aliphatic rings. The van der Waals surface area contributed by atoms with Gasteiger partial charge in [-0.3, -0.25) is 4.21 Å². The van der Waals surface area contributed by atoms with Crippen LogP contribution in [0.5, 0.6) is 0 Å². The van der Waals surface area contributed by atoms with Crippen LogP contribution in [0.15, 0.2) is 47.5 Å². The molecule has 0 fully saturated rings. The second kappa shape index (κ2) is 8.92. The van der Waals surface area contributed by atoms with Gasteiger partial charge in [0.25, 0.3) is 0 Å². The lowest BCUT2D eigenvalue weighted by molar-refractivity contribution is 0.322. The zero-order valence-corrected chi connectivity index (χ0v) is 14.1. The van der Waals surface area contributed by atoms with Crippen molar-refractivity contribution in [2.45, 2.75) is 17.2 Å². The van der Waals surface area contributed by atoms with E-state index in [-0.39, 0.29) is 6.61 Å². The second-order valence-corrected chi connectivity index (χ2v) is 7.26. The van der Waals surface area contributed by atoms with Crippen LogP contribution in [0.25, 0.3) is 0 Å². The Balaban J connectivity index is 1.90. The highest BCUT2D eigenvalue weighted by Gasteiger charge is 2.00. The molecule has 6 heteroatoms. The molecule has 2 N–H and O–H groups in total. The van der Waals surface area contributed by atoms with Gasteiger partial charge in [0.15, 0.2) is 0 Å². The van der Waals surface area contributed by atoms with E-state index in [2.05, 4.69) is 10.3 Å².